The van der Waals surface area contributed by atoms with Crippen LogP contribution in [0.5, 0.6) is 17.2 Å². The fraction of sp³-hybridized carbons (Fsp3) is 0.400. The number of aromatic hydroxyl groups is 1. The minimum absolute atomic E-state index is 0.247. The average molecular weight is 327 g/mol. The summed E-state index contributed by atoms with van der Waals surface area (Å²) in [6.45, 7) is 1.78. The fourth-order valence-electron chi connectivity index (χ4n) is 3.03. The van der Waals surface area contributed by atoms with Crippen molar-refractivity contribution in [1.29, 1.82) is 0 Å². The van der Waals surface area contributed by atoms with Gasteiger partial charge in [-0.2, -0.15) is 0 Å². The number of rotatable bonds is 8. The number of nitrogens with one attached hydrogen (secondary N) is 1. The Morgan fingerprint density at radius 2 is 1.58 bits per heavy atom. The van der Waals surface area contributed by atoms with Crippen LogP contribution in [-0.2, 0) is 6.61 Å². The molecule has 2 N–H and O–H groups in total. The Balaban J connectivity index is 1.50. The van der Waals surface area contributed by atoms with E-state index < -0.39 is 0 Å². The van der Waals surface area contributed by atoms with Gasteiger partial charge in [0.25, 0.3) is 0 Å². The molecule has 1 aliphatic rings. The van der Waals surface area contributed by atoms with Crippen LogP contribution in [-0.4, -0.2) is 24.3 Å². The summed E-state index contributed by atoms with van der Waals surface area (Å²) < 4.78 is 11.7. The lowest BCUT2D eigenvalue weighted by Gasteiger charge is -2.15. The van der Waals surface area contributed by atoms with E-state index in [1.54, 1.807) is 12.1 Å². The molecule has 2 aromatic carbocycles. The summed E-state index contributed by atoms with van der Waals surface area (Å²) in [5.41, 5.74) is 0.759. The summed E-state index contributed by atoms with van der Waals surface area (Å²) in [6.07, 6.45) is 5.23. The normalized spacial score (nSPS) is 14.7. The van der Waals surface area contributed by atoms with E-state index in [2.05, 4.69) is 5.32 Å². The Labute approximate surface area is 143 Å². The summed E-state index contributed by atoms with van der Waals surface area (Å²) >= 11 is 0. The van der Waals surface area contributed by atoms with Crippen LogP contribution in [0, 0.1) is 0 Å². The molecule has 128 valence electrons. The molecule has 24 heavy (non-hydrogen) atoms. The molecule has 4 heteroatoms. The highest BCUT2D eigenvalue weighted by Crippen LogP contribution is 2.28. The first-order valence-electron chi connectivity index (χ1n) is 8.68. The molecule has 1 aliphatic carbocycles. The van der Waals surface area contributed by atoms with Crippen LogP contribution < -0.4 is 14.8 Å². The van der Waals surface area contributed by atoms with Crippen molar-refractivity contribution in [3.05, 3.63) is 54.1 Å². The minimum Gasteiger partial charge on any atom is -0.508 e. The van der Waals surface area contributed by atoms with Crippen LogP contribution in [0.2, 0.25) is 0 Å². The SMILES string of the molecule is Oc1ccccc1COc1ccccc1OCCNC1CCCC1. The van der Waals surface area contributed by atoms with E-state index in [-0.39, 0.29) is 5.75 Å². The molecule has 0 aromatic heterocycles. The lowest BCUT2D eigenvalue weighted by molar-refractivity contribution is 0.256. The molecule has 0 saturated heterocycles. The van der Waals surface area contributed by atoms with E-state index in [9.17, 15) is 5.11 Å². The second kappa shape index (κ2) is 8.60. The Morgan fingerprint density at radius 1 is 0.917 bits per heavy atom. The maximum Gasteiger partial charge on any atom is 0.161 e. The maximum absolute atomic E-state index is 9.82. The fourth-order valence-corrected chi connectivity index (χ4v) is 3.03. The van der Waals surface area contributed by atoms with Crippen molar-refractivity contribution in [2.75, 3.05) is 13.2 Å². The standard InChI is InChI=1S/C20H25NO3/c22-18-10-4-1-7-16(18)15-24-20-12-6-5-11-19(20)23-14-13-21-17-8-2-3-9-17/h1,4-7,10-12,17,21-22H,2-3,8-9,13-15H2. The molecular formula is C20H25NO3. The molecule has 1 saturated carbocycles. The molecular weight excluding hydrogens is 302 g/mol. The Bertz CT molecular complexity index is 638. The lowest BCUT2D eigenvalue weighted by Crippen LogP contribution is -2.30. The van der Waals surface area contributed by atoms with Gasteiger partial charge in [-0.25, -0.2) is 0 Å². The van der Waals surface area contributed by atoms with Gasteiger partial charge in [0.15, 0.2) is 11.5 Å². The molecule has 2 aromatic rings. The van der Waals surface area contributed by atoms with E-state index >= 15 is 0 Å². The Morgan fingerprint density at radius 3 is 2.33 bits per heavy atom. The third-order valence-electron chi connectivity index (χ3n) is 4.37. The molecule has 0 aliphatic heterocycles. The van der Waals surface area contributed by atoms with Crippen LogP contribution in [0.15, 0.2) is 48.5 Å². The number of ether oxygens (including phenoxy) is 2. The third-order valence-corrected chi connectivity index (χ3v) is 4.37. The number of benzene rings is 2. The van der Waals surface area contributed by atoms with Gasteiger partial charge in [-0.1, -0.05) is 43.2 Å². The Hall–Kier alpha value is -2.20. The summed E-state index contributed by atoms with van der Waals surface area (Å²) in [5, 5.41) is 13.4. The maximum atomic E-state index is 9.82. The van der Waals surface area contributed by atoms with Crippen LogP contribution in [0.4, 0.5) is 0 Å². The van der Waals surface area contributed by atoms with Crippen molar-refractivity contribution in [2.24, 2.45) is 0 Å². The van der Waals surface area contributed by atoms with E-state index in [0.717, 1.165) is 17.9 Å². The molecule has 0 radical (unpaired) electrons. The van der Waals surface area contributed by atoms with Crippen molar-refractivity contribution < 1.29 is 14.6 Å². The lowest BCUT2D eigenvalue weighted by atomic mass is 10.2. The largest absolute Gasteiger partial charge is 0.508 e. The topological polar surface area (TPSA) is 50.7 Å². The third kappa shape index (κ3) is 4.65. The predicted molar refractivity (Wildman–Crippen MR) is 94.6 cm³/mol. The zero-order valence-electron chi connectivity index (χ0n) is 13.9. The van der Waals surface area contributed by atoms with E-state index in [1.165, 1.54) is 25.7 Å². The molecule has 1 fully saturated rings. The van der Waals surface area contributed by atoms with Gasteiger partial charge in [0, 0.05) is 18.2 Å². The van der Waals surface area contributed by atoms with Gasteiger partial charge < -0.3 is 19.9 Å². The van der Waals surface area contributed by atoms with Gasteiger partial charge in [-0.05, 0) is 31.0 Å². The number of phenols is 1. The second-order valence-corrected chi connectivity index (χ2v) is 6.15. The van der Waals surface area contributed by atoms with E-state index in [4.69, 9.17) is 9.47 Å². The van der Waals surface area contributed by atoms with Crippen molar-refractivity contribution in [2.45, 2.75) is 38.3 Å². The molecule has 0 unspecified atom stereocenters. The van der Waals surface area contributed by atoms with Gasteiger partial charge in [0.1, 0.15) is 19.0 Å². The highest BCUT2D eigenvalue weighted by Gasteiger charge is 2.13. The molecule has 3 rings (SSSR count). The van der Waals surface area contributed by atoms with Crippen molar-refractivity contribution in [3.8, 4) is 17.2 Å². The minimum atomic E-state index is 0.247. The number of para-hydroxylation sites is 3. The van der Waals surface area contributed by atoms with E-state index in [1.807, 2.05) is 36.4 Å². The van der Waals surface area contributed by atoms with Crippen molar-refractivity contribution >= 4 is 0 Å². The zero-order valence-corrected chi connectivity index (χ0v) is 13.9. The zero-order chi connectivity index (χ0) is 16.6. The molecule has 4 nitrogen and oxygen atoms in total. The first-order chi connectivity index (χ1) is 11.8. The number of hydrogen-bond donors (Lipinski definition) is 2. The first-order valence-corrected chi connectivity index (χ1v) is 8.68. The summed E-state index contributed by atoms with van der Waals surface area (Å²) in [5.74, 6) is 1.68. The molecule has 0 spiro atoms. The second-order valence-electron chi connectivity index (χ2n) is 6.15. The first kappa shape index (κ1) is 16.7. The van der Waals surface area contributed by atoms with Gasteiger partial charge in [-0.15, -0.1) is 0 Å². The highest BCUT2D eigenvalue weighted by molar-refractivity contribution is 5.40. The molecule has 0 heterocycles. The monoisotopic (exact) mass is 327 g/mol. The quantitative estimate of drug-likeness (QED) is 0.722. The predicted octanol–water partition coefficient (Wildman–Crippen LogP) is 3.88. The van der Waals surface area contributed by atoms with Gasteiger partial charge in [0.2, 0.25) is 0 Å². The van der Waals surface area contributed by atoms with Crippen LogP contribution in [0.1, 0.15) is 31.2 Å². The van der Waals surface area contributed by atoms with Gasteiger partial charge in [-0.3, -0.25) is 0 Å². The van der Waals surface area contributed by atoms with E-state index in [0.29, 0.717) is 25.0 Å². The Kier molecular flexibility index (Phi) is 5.96. The summed E-state index contributed by atoms with van der Waals surface area (Å²) in [7, 11) is 0. The summed E-state index contributed by atoms with van der Waals surface area (Å²) in [6, 6.07) is 15.5. The molecule has 0 amide bonds. The number of hydrogen-bond acceptors (Lipinski definition) is 4. The van der Waals surface area contributed by atoms with Crippen LogP contribution in [0.25, 0.3) is 0 Å². The van der Waals surface area contributed by atoms with Crippen molar-refractivity contribution in [1.82, 2.24) is 5.32 Å². The molecule has 0 bridgehead atoms. The average Bonchev–Trinajstić information content (AvgIpc) is 3.12. The van der Waals surface area contributed by atoms with Gasteiger partial charge >= 0.3 is 0 Å². The molecule has 0 atom stereocenters. The highest BCUT2D eigenvalue weighted by atomic mass is 16.5. The summed E-state index contributed by atoms with van der Waals surface area (Å²) in [4.78, 5) is 0. The van der Waals surface area contributed by atoms with Crippen LogP contribution >= 0.6 is 0 Å². The van der Waals surface area contributed by atoms with Crippen molar-refractivity contribution in [3.63, 3.8) is 0 Å². The number of phenolic OH excluding ortho intramolecular Hbond substituents is 1. The smallest absolute Gasteiger partial charge is 0.161 e. The van der Waals surface area contributed by atoms with Crippen LogP contribution in [0.3, 0.4) is 0 Å². The van der Waals surface area contributed by atoms with Gasteiger partial charge in [0.05, 0.1) is 0 Å².